The van der Waals surface area contributed by atoms with Crippen molar-refractivity contribution in [2.75, 3.05) is 24.9 Å². The summed E-state index contributed by atoms with van der Waals surface area (Å²) >= 11 is 0. The first kappa shape index (κ1) is 20.4. The number of amides is 2. The molecule has 0 radical (unpaired) electrons. The van der Waals surface area contributed by atoms with E-state index in [0.29, 0.717) is 28.4 Å². The standard InChI is InChI=1S/C24H24N2O6/c1-30-15-6-7-18(31-2)17(11-15)26-22(27)12-4-3-5-14(8-12)25-23(28)20-13-9-16-19(10-13)32-24(29)21(16)20/h3-8,11,13,16,19-21H,9-10H2,1-2H3,(H,25,28)(H,26,27)/t13-,16+,19-,20-,21+/m0/s1. The lowest BCUT2D eigenvalue weighted by Gasteiger charge is -2.23. The van der Waals surface area contributed by atoms with E-state index in [1.165, 1.54) is 7.11 Å². The number of ether oxygens (including phenoxy) is 3. The zero-order valence-corrected chi connectivity index (χ0v) is 17.8. The summed E-state index contributed by atoms with van der Waals surface area (Å²) in [6.45, 7) is 0. The number of benzene rings is 2. The normalized spacial score (nSPS) is 27.1. The molecule has 5 rings (SSSR count). The Bertz CT molecular complexity index is 1100. The topological polar surface area (TPSA) is 103 Å². The van der Waals surface area contributed by atoms with Gasteiger partial charge in [-0.15, -0.1) is 0 Å². The first-order chi connectivity index (χ1) is 15.5. The highest BCUT2D eigenvalue weighted by Crippen LogP contribution is 2.57. The van der Waals surface area contributed by atoms with Gasteiger partial charge >= 0.3 is 5.97 Å². The Balaban J connectivity index is 1.30. The largest absolute Gasteiger partial charge is 0.497 e. The molecule has 1 saturated heterocycles. The van der Waals surface area contributed by atoms with Crippen molar-refractivity contribution in [1.82, 2.24) is 0 Å². The van der Waals surface area contributed by atoms with E-state index < -0.39 is 0 Å². The molecule has 2 bridgehead atoms. The minimum atomic E-state index is -0.371. The fourth-order valence-corrected chi connectivity index (χ4v) is 5.43. The number of carbonyl (C=O) groups excluding carboxylic acids is 3. The zero-order valence-electron chi connectivity index (χ0n) is 17.8. The summed E-state index contributed by atoms with van der Waals surface area (Å²) in [7, 11) is 3.06. The van der Waals surface area contributed by atoms with Crippen molar-refractivity contribution >= 4 is 29.2 Å². The van der Waals surface area contributed by atoms with Crippen LogP contribution in [-0.2, 0) is 14.3 Å². The van der Waals surface area contributed by atoms with Crippen molar-refractivity contribution in [3.05, 3.63) is 48.0 Å². The van der Waals surface area contributed by atoms with E-state index in [1.54, 1.807) is 49.6 Å². The van der Waals surface area contributed by atoms with Crippen LogP contribution in [0.25, 0.3) is 0 Å². The molecule has 8 heteroatoms. The molecule has 2 saturated carbocycles. The fourth-order valence-electron chi connectivity index (χ4n) is 5.43. The van der Waals surface area contributed by atoms with Gasteiger partial charge in [-0.3, -0.25) is 14.4 Å². The lowest BCUT2D eigenvalue weighted by atomic mass is 9.79. The molecule has 2 aromatic rings. The first-order valence-electron chi connectivity index (χ1n) is 10.6. The molecule has 0 unspecified atom stereocenters. The van der Waals surface area contributed by atoms with Crippen LogP contribution in [0.15, 0.2) is 42.5 Å². The monoisotopic (exact) mass is 436 g/mol. The Hall–Kier alpha value is -3.55. The maximum absolute atomic E-state index is 13.0. The van der Waals surface area contributed by atoms with Crippen LogP contribution >= 0.6 is 0 Å². The van der Waals surface area contributed by atoms with Crippen molar-refractivity contribution in [2.24, 2.45) is 23.7 Å². The van der Waals surface area contributed by atoms with Crippen molar-refractivity contribution < 1.29 is 28.6 Å². The van der Waals surface area contributed by atoms with Gasteiger partial charge in [0, 0.05) is 23.2 Å². The van der Waals surface area contributed by atoms with Crippen LogP contribution in [-0.4, -0.2) is 38.1 Å². The number of rotatable bonds is 6. The highest BCUT2D eigenvalue weighted by atomic mass is 16.6. The smallest absolute Gasteiger partial charge is 0.310 e. The third-order valence-electron chi connectivity index (χ3n) is 6.83. The molecule has 32 heavy (non-hydrogen) atoms. The molecule has 166 valence electrons. The molecule has 1 heterocycles. The molecule has 0 spiro atoms. The number of hydrogen-bond acceptors (Lipinski definition) is 6. The van der Waals surface area contributed by atoms with Crippen LogP contribution in [0.4, 0.5) is 11.4 Å². The van der Waals surface area contributed by atoms with Crippen molar-refractivity contribution in [1.29, 1.82) is 0 Å². The van der Waals surface area contributed by atoms with Crippen molar-refractivity contribution in [2.45, 2.75) is 18.9 Å². The predicted octanol–water partition coefficient (Wildman–Crippen LogP) is 3.09. The Morgan fingerprint density at radius 3 is 2.66 bits per heavy atom. The van der Waals surface area contributed by atoms with Gasteiger partial charge < -0.3 is 24.8 Å². The molecule has 2 aliphatic carbocycles. The summed E-state index contributed by atoms with van der Waals surface area (Å²) in [5.41, 5.74) is 1.36. The predicted molar refractivity (Wildman–Crippen MR) is 116 cm³/mol. The summed E-state index contributed by atoms with van der Waals surface area (Å²) in [6.07, 6.45) is 1.61. The highest BCUT2D eigenvalue weighted by Gasteiger charge is 2.63. The number of methoxy groups -OCH3 is 2. The second kappa shape index (κ2) is 7.85. The molecule has 2 aromatic carbocycles. The van der Waals surface area contributed by atoms with Crippen LogP contribution in [0.3, 0.4) is 0 Å². The van der Waals surface area contributed by atoms with E-state index in [9.17, 15) is 14.4 Å². The lowest BCUT2D eigenvalue weighted by Crippen LogP contribution is -2.35. The summed E-state index contributed by atoms with van der Waals surface area (Å²) in [5, 5.41) is 5.72. The van der Waals surface area contributed by atoms with Gasteiger partial charge in [-0.2, -0.15) is 0 Å². The third-order valence-corrected chi connectivity index (χ3v) is 6.83. The molecule has 2 amide bonds. The summed E-state index contributed by atoms with van der Waals surface area (Å²) in [6, 6.07) is 11.8. The number of fused-ring (bicyclic) bond motifs is 1. The Morgan fingerprint density at radius 2 is 1.88 bits per heavy atom. The van der Waals surface area contributed by atoms with E-state index in [-0.39, 0.29) is 47.6 Å². The van der Waals surface area contributed by atoms with E-state index in [0.717, 1.165) is 12.8 Å². The maximum Gasteiger partial charge on any atom is 0.310 e. The van der Waals surface area contributed by atoms with Gasteiger partial charge in [-0.05, 0) is 49.1 Å². The summed E-state index contributed by atoms with van der Waals surface area (Å²) in [4.78, 5) is 38.1. The third kappa shape index (κ3) is 3.36. The summed E-state index contributed by atoms with van der Waals surface area (Å²) in [5.74, 6) is -0.0772. The molecule has 2 N–H and O–H groups in total. The van der Waals surface area contributed by atoms with Crippen LogP contribution in [0.2, 0.25) is 0 Å². The average Bonchev–Trinajstić information content (AvgIpc) is 3.42. The first-order valence-corrected chi connectivity index (χ1v) is 10.6. The van der Waals surface area contributed by atoms with Crippen LogP contribution in [0.5, 0.6) is 11.5 Å². The van der Waals surface area contributed by atoms with Gasteiger partial charge in [0.1, 0.15) is 17.6 Å². The van der Waals surface area contributed by atoms with Crippen molar-refractivity contribution in [3.63, 3.8) is 0 Å². The number of hydrogen-bond donors (Lipinski definition) is 2. The molecular weight excluding hydrogens is 412 g/mol. The van der Waals surface area contributed by atoms with Crippen LogP contribution < -0.4 is 20.1 Å². The van der Waals surface area contributed by atoms with Gasteiger partial charge in [-0.25, -0.2) is 0 Å². The Morgan fingerprint density at radius 1 is 1.03 bits per heavy atom. The molecule has 0 aromatic heterocycles. The van der Waals surface area contributed by atoms with Crippen molar-refractivity contribution in [3.8, 4) is 11.5 Å². The minimum Gasteiger partial charge on any atom is -0.497 e. The lowest BCUT2D eigenvalue weighted by molar-refractivity contribution is -0.145. The number of carbonyl (C=O) groups is 3. The van der Waals surface area contributed by atoms with E-state index in [1.807, 2.05) is 0 Å². The molecule has 8 nitrogen and oxygen atoms in total. The van der Waals surface area contributed by atoms with Crippen LogP contribution in [0.1, 0.15) is 23.2 Å². The van der Waals surface area contributed by atoms with Gasteiger partial charge in [0.25, 0.3) is 5.91 Å². The number of nitrogens with one attached hydrogen (secondary N) is 2. The molecular formula is C24H24N2O6. The van der Waals surface area contributed by atoms with Gasteiger partial charge in [-0.1, -0.05) is 6.07 Å². The number of anilines is 2. The molecule has 3 fully saturated rings. The zero-order chi connectivity index (χ0) is 22.4. The second-order valence-corrected chi connectivity index (χ2v) is 8.51. The Kier molecular flexibility index (Phi) is 5.00. The fraction of sp³-hybridized carbons (Fsp3) is 0.375. The minimum absolute atomic E-state index is 0.0119. The summed E-state index contributed by atoms with van der Waals surface area (Å²) < 4.78 is 15.9. The van der Waals surface area contributed by atoms with Gasteiger partial charge in [0.05, 0.1) is 31.7 Å². The molecule has 5 atom stereocenters. The van der Waals surface area contributed by atoms with E-state index >= 15 is 0 Å². The Labute approximate surface area is 185 Å². The van der Waals surface area contributed by atoms with E-state index in [4.69, 9.17) is 14.2 Å². The highest BCUT2D eigenvalue weighted by molar-refractivity contribution is 6.06. The SMILES string of the molecule is COc1ccc(OC)c(NC(=O)c2cccc(NC(=O)[C@H]3[C@H]4C[C@H]5[C@H]3C(=O)O[C@H]5C4)c2)c1. The quantitative estimate of drug-likeness (QED) is 0.675. The maximum atomic E-state index is 13.0. The van der Waals surface area contributed by atoms with Gasteiger partial charge in [0.2, 0.25) is 5.91 Å². The van der Waals surface area contributed by atoms with Gasteiger partial charge in [0.15, 0.2) is 0 Å². The van der Waals surface area contributed by atoms with E-state index in [2.05, 4.69) is 10.6 Å². The average molecular weight is 436 g/mol. The second-order valence-electron chi connectivity index (χ2n) is 8.51. The molecule has 3 aliphatic rings. The molecule has 1 aliphatic heterocycles. The number of esters is 1. The van der Waals surface area contributed by atoms with Crippen LogP contribution in [0, 0.1) is 23.7 Å².